The molecule has 1 unspecified atom stereocenters. The predicted octanol–water partition coefficient (Wildman–Crippen LogP) is 4.11. The van der Waals surface area contributed by atoms with Crippen molar-refractivity contribution in [3.63, 3.8) is 0 Å². The third kappa shape index (κ3) is 4.09. The highest BCUT2D eigenvalue weighted by Crippen LogP contribution is 2.27. The van der Waals surface area contributed by atoms with E-state index in [0.717, 1.165) is 29.4 Å². The van der Waals surface area contributed by atoms with Crippen molar-refractivity contribution in [3.8, 4) is 0 Å². The first-order valence-electron chi connectivity index (χ1n) is 7.66. The van der Waals surface area contributed by atoms with Gasteiger partial charge in [0.15, 0.2) is 0 Å². The van der Waals surface area contributed by atoms with Crippen LogP contribution >= 0.6 is 0 Å². The quantitative estimate of drug-likeness (QED) is 0.822. The molecule has 2 N–H and O–H groups in total. The van der Waals surface area contributed by atoms with E-state index < -0.39 is 0 Å². The second kappa shape index (κ2) is 6.91. The molecule has 0 fully saturated rings. The number of nitrogens with one attached hydrogen (secondary N) is 2. The van der Waals surface area contributed by atoms with Gasteiger partial charge in [0.25, 0.3) is 0 Å². The van der Waals surface area contributed by atoms with Crippen LogP contribution in [0.4, 0.5) is 11.6 Å². The molecule has 0 aliphatic carbocycles. The number of hydrogen-bond acceptors (Lipinski definition) is 4. The van der Waals surface area contributed by atoms with Crippen LogP contribution in [-0.2, 0) is 5.41 Å². The molecule has 1 atom stereocenters. The molecule has 0 saturated carbocycles. The zero-order chi connectivity index (χ0) is 15.3. The van der Waals surface area contributed by atoms with Gasteiger partial charge < -0.3 is 10.6 Å². The topological polar surface area (TPSA) is 49.8 Å². The van der Waals surface area contributed by atoms with Crippen LogP contribution in [0.3, 0.4) is 0 Å². The average Bonchev–Trinajstić information content (AvgIpc) is 2.38. The fraction of sp³-hybridized carbons (Fsp3) is 0.750. The van der Waals surface area contributed by atoms with Crippen LogP contribution in [0.2, 0.25) is 0 Å². The average molecular weight is 278 g/mol. The first-order chi connectivity index (χ1) is 9.33. The minimum atomic E-state index is -0.0534. The molecule has 114 valence electrons. The van der Waals surface area contributed by atoms with Gasteiger partial charge >= 0.3 is 0 Å². The van der Waals surface area contributed by atoms with Crippen LogP contribution in [-0.4, -0.2) is 23.1 Å². The Morgan fingerprint density at radius 3 is 2.15 bits per heavy atom. The summed E-state index contributed by atoms with van der Waals surface area (Å²) in [6.45, 7) is 12.9. The highest BCUT2D eigenvalue weighted by Gasteiger charge is 2.21. The Hall–Kier alpha value is -1.32. The summed E-state index contributed by atoms with van der Waals surface area (Å²) in [6.07, 6.45) is 3.46. The normalized spacial score (nSPS) is 13.2. The first kappa shape index (κ1) is 16.7. The van der Waals surface area contributed by atoms with Crippen molar-refractivity contribution < 1.29 is 0 Å². The van der Waals surface area contributed by atoms with E-state index in [2.05, 4.69) is 57.2 Å². The smallest absolute Gasteiger partial charge is 0.138 e. The Labute approximate surface area is 123 Å². The standard InChI is InChI=1S/C16H30N4/c1-8-10-12(9-2)18-14-11(3)13(17-7)19-15(20-14)16(4,5)6/h12H,8-10H2,1-7H3,(H2,17,18,19,20). The molecule has 0 radical (unpaired) electrons. The lowest BCUT2D eigenvalue weighted by Gasteiger charge is -2.23. The van der Waals surface area contributed by atoms with Crippen LogP contribution < -0.4 is 10.6 Å². The maximum atomic E-state index is 4.76. The minimum Gasteiger partial charge on any atom is -0.373 e. The van der Waals surface area contributed by atoms with E-state index in [0.29, 0.717) is 6.04 Å². The summed E-state index contributed by atoms with van der Waals surface area (Å²) in [7, 11) is 1.91. The second-order valence-corrected chi connectivity index (χ2v) is 6.41. The molecule has 4 nitrogen and oxygen atoms in total. The van der Waals surface area contributed by atoms with Gasteiger partial charge in [0.05, 0.1) is 0 Å². The van der Waals surface area contributed by atoms with Crippen LogP contribution in [0.15, 0.2) is 0 Å². The van der Waals surface area contributed by atoms with Gasteiger partial charge in [0, 0.05) is 24.1 Å². The number of anilines is 2. The van der Waals surface area contributed by atoms with E-state index in [4.69, 9.17) is 4.98 Å². The molecular formula is C16H30N4. The highest BCUT2D eigenvalue weighted by atomic mass is 15.1. The van der Waals surface area contributed by atoms with Crippen LogP contribution in [0.5, 0.6) is 0 Å². The zero-order valence-corrected chi connectivity index (χ0v) is 14.1. The Morgan fingerprint density at radius 1 is 1.10 bits per heavy atom. The van der Waals surface area contributed by atoms with Gasteiger partial charge in [0.1, 0.15) is 17.5 Å². The summed E-state index contributed by atoms with van der Waals surface area (Å²) in [5, 5.41) is 6.77. The molecular weight excluding hydrogens is 248 g/mol. The van der Waals surface area contributed by atoms with Crippen LogP contribution in [0.25, 0.3) is 0 Å². The summed E-state index contributed by atoms with van der Waals surface area (Å²) in [4.78, 5) is 9.40. The number of rotatable bonds is 6. The van der Waals surface area contributed by atoms with Crippen molar-refractivity contribution in [3.05, 3.63) is 11.4 Å². The van der Waals surface area contributed by atoms with E-state index in [1.165, 1.54) is 12.8 Å². The molecule has 0 saturated heterocycles. The van der Waals surface area contributed by atoms with E-state index >= 15 is 0 Å². The van der Waals surface area contributed by atoms with Crippen molar-refractivity contribution in [2.45, 2.75) is 72.3 Å². The van der Waals surface area contributed by atoms with Gasteiger partial charge in [0.2, 0.25) is 0 Å². The molecule has 0 amide bonds. The Kier molecular flexibility index (Phi) is 5.78. The largest absolute Gasteiger partial charge is 0.373 e. The van der Waals surface area contributed by atoms with E-state index in [-0.39, 0.29) is 5.41 Å². The fourth-order valence-corrected chi connectivity index (χ4v) is 2.16. The van der Waals surface area contributed by atoms with Gasteiger partial charge in [-0.3, -0.25) is 0 Å². The summed E-state index contributed by atoms with van der Waals surface area (Å²) in [6, 6.07) is 0.478. The fourth-order valence-electron chi connectivity index (χ4n) is 2.16. The summed E-state index contributed by atoms with van der Waals surface area (Å²) < 4.78 is 0. The monoisotopic (exact) mass is 278 g/mol. The van der Waals surface area contributed by atoms with E-state index in [1.54, 1.807) is 0 Å². The third-order valence-electron chi connectivity index (χ3n) is 3.52. The number of aromatic nitrogens is 2. The van der Waals surface area contributed by atoms with Crippen molar-refractivity contribution in [2.75, 3.05) is 17.7 Å². The van der Waals surface area contributed by atoms with Gasteiger partial charge in [-0.2, -0.15) is 0 Å². The van der Waals surface area contributed by atoms with Crippen LogP contribution in [0, 0.1) is 6.92 Å². The van der Waals surface area contributed by atoms with Gasteiger partial charge in [-0.15, -0.1) is 0 Å². The van der Waals surface area contributed by atoms with E-state index in [1.807, 2.05) is 7.05 Å². The summed E-state index contributed by atoms with van der Waals surface area (Å²) >= 11 is 0. The van der Waals surface area contributed by atoms with Crippen molar-refractivity contribution in [1.29, 1.82) is 0 Å². The third-order valence-corrected chi connectivity index (χ3v) is 3.52. The van der Waals surface area contributed by atoms with Gasteiger partial charge in [-0.1, -0.05) is 41.0 Å². The lowest BCUT2D eigenvalue weighted by molar-refractivity contribution is 0.544. The molecule has 1 rings (SSSR count). The molecule has 0 bridgehead atoms. The lowest BCUT2D eigenvalue weighted by Crippen LogP contribution is -2.23. The number of nitrogens with zero attached hydrogens (tertiary/aromatic N) is 2. The van der Waals surface area contributed by atoms with Gasteiger partial charge in [-0.25, -0.2) is 9.97 Å². The lowest BCUT2D eigenvalue weighted by atomic mass is 9.95. The van der Waals surface area contributed by atoms with Crippen molar-refractivity contribution in [1.82, 2.24) is 9.97 Å². The highest BCUT2D eigenvalue weighted by molar-refractivity contribution is 5.57. The molecule has 0 spiro atoms. The van der Waals surface area contributed by atoms with E-state index in [9.17, 15) is 0 Å². The number of hydrogen-bond donors (Lipinski definition) is 2. The first-order valence-corrected chi connectivity index (χ1v) is 7.66. The molecule has 0 aliphatic rings. The molecule has 1 aromatic rings. The van der Waals surface area contributed by atoms with Crippen LogP contribution in [0.1, 0.15) is 65.3 Å². The van der Waals surface area contributed by atoms with Crippen molar-refractivity contribution in [2.24, 2.45) is 0 Å². The molecule has 1 heterocycles. The molecule has 1 aromatic heterocycles. The summed E-state index contributed by atoms with van der Waals surface area (Å²) in [5.74, 6) is 2.76. The Bertz CT molecular complexity index is 435. The minimum absolute atomic E-state index is 0.0534. The van der Waals surface area contributed by atoms with Gasteiger partial charge in [-0.05, 0) is 19.8 Å². The Morgan fingerprint density at radius 2 is 1.70 bits per heavy atom. The summed E-state index contributed by atoms with van der Waals surface area (Å²) in [5.41, 5.74) is 1.04. The predicted molar refractivity (Wildman–Crippen MR) is 87.6 cm³/mol. The molecule has 0 aromatic carbocycles. The maximum absolute atomic E-state index is 4.76. The maximum Gasteiger partial charge on any atom is 0.138 e. The molecule has 20 heavy (non-hydrogen) atoms. The Balaban J connectivity index is 3.16. The molecule has 0 aliphatic heterocycles. The van der Waals surface area contributed by atoms with Crippen molar-refractivity contribution >= 4 is 11.6 Å². The second-order valence-electron chi connectivity index (χ2n) is 6.41. The SMILES string of the molecule is CCCC(CC)Nc1nc(C(C)(C)C)nc(NC)c1C. The molecule has 4 heteroatoms. The zero-order valence-electron chi connectivity index (χ0n) is 14.1.